The average molecular weight is 333 g/mol. The highest BCUT2D eigenvalue weighted by atomic mass is 35.5. The maximum absolute atomic E-state index is 11.1. The van der Waals surface area contributed by atoms with Crippen LogP contribution in [0.3, 0.4) is 0 Å². The van der Waals surface area contributed by atoms with Gasteiger partial charge in [-0.05, 0) is 75.5 Å². The molecule has 4 aliphatic rings. The standard InChI is InChI=1S/C17H28O4.ClH/c1-10(15(19)20)16(2,21)9-14(18)17-6-11-3-12(7-17)5-13(4-11)8-17;/h10-14,18,21H,3-9H2,1-2H3,(H,19,20);1H/t10?,11?,12?,13?,14?,16-,17?;/m1./s1. The molecule has 0 radical (unpaired) electrons. The van der Waals surface area contributed by atoms with Crippen LogP contribution in [-0.2, 0) is 4.79 Å². The average Bonchev–Trinajstić information content (AvgIpc) is 2.35. The minimum absolute atomic E-state index is 0. The lowest BCUT2D eigenvalue weighted by Crippen LogP contribution is -2.54. The molecule has 0 saturated heterocycles. The molecule has 3 atom stereocenters. The molecule has 4 saturated carbocycles. The van der Waals surface area contributed by atoms with Gasteiger partial charge in [-0.15, -0.1) is 12.4 Å². The summed E-state index contributed by atoms with van der Waals surface area (Å²) in [6, 6.07) is 0. The van der Waals surface area contributed by atoms with Crippen LogP contribution in [0.2, 0.25) is 0 Å². The van der Waals surface area contributed by atoms with Gasteiger partial charge in [-0.2, -0.15) is 0 Å². The van der Waals surface area contributed by atoms with Gasteiger partial charge < -0.3 is 15.3 Å². The van der Waals surface area contributed by atoms with E-state index in [1.807, 2.05) is 0 Å². The first kappa shape index (κ1) is 18.0. The number of carboxylic acid groups (broad SMARTS) is 1. The first-order chi connectivity index (χ1) is 9.72. The van der Waals surface area contributed by atoms with E-state index in [1.54, 1.807) is 6.92 Å². The Balaban J connectivity index is 0.00000176. The van der Waals surface area contributed by atoms with Crippen LogP contribution in [0.5, 0.6) is 0 Å². The van der Waals surface area contributed by atoms with E-state index < -0.39 is 23.6 Å². The van der Waals surface area contributed by atoms with Gasteiger partial charge in [-0.1, -0.05) is 0 Å². The largest absolute Gasteiger partial charge is 0.481 e. The van der Waals surface area contributed by atoms with Crippen molar-refractivity contribution < 1.29 is 20.1 Å². The number of rotatable bonds is 5. The number of carboxylic acids is 1. The first-order valence-electron chi connectivity index (χ1n) is 8.35. The van der Waals surface area contributed by atoms with Gasteiger partial charge in [0.15, 0.2) is 0 Å². The summed E-state index contributed by atoms with van der Waals surface area (Å²) in [6.07, 6.45) is 6.73. The summed E-state index contributed by atoms with van der Waals surface area (Å²) < 4.78 is 0. The zero-order valence-corrected chi connectivity index (χ0v) is 14.3. The number of halogens is 1. The number of hydrogen-bond donors (Lipinski definition) is 3. The molecule has 4 rings (SSSR count). The Kier molecular flexibility index (Phi) is 4.88. The predicted octanol–water partition coefficient (Wildman–Crippen LogP) is 2.85. The van der Waals surface area contributed by atoms with Crippen molar-refractivity contribution in [1.82, 2.24) is 0 Å². The van der Waals surface area contributed by atoms with Gasteiger partial charge in [-0.3, -0.25) is 4.79 Å². The SMILES string of the molecule is CC(C(=O)O)[C@](C)(O)CC(O)C12CC3CC(CC(C3)C1)C2.Cl. The Bertz CT molecular complexity index is 399. The second kappa shape index (κ2) is 5.95. The molecule has 0 aliphatic heterocycles. The Hall–Kier alpha value is -0.320. The van der Waals surface area contributed by atoms with Crippen LogP contribution in [-0.4, -0.2) is 33.0 Å². The normalized spacial score (nSPS) is 41.4. The van der Waals surface area contributed by atoms with Crippen molar-refractivity contribution in [2.75, 3.05) is 0 Å². The quantitative estimate of drug-likeness (QED) is 0.723. The molecule has 4 aliphatic carbocycles. The highest BCUT2D eigenvalue weighted by molar-refractivity contribution is 5.85. The molecule has 0 aromatic rings. The summed E-state index contributed by atoms with van der Waals surface area (Å²) in [7, 11) is 0. The van der Waals surface area contributed by atoms with Crippen LogP contribution in [0.15, 0.2) is 0 Å². The second-order valence-electron chi connectivity index (χ2n) is 8.42. The maximum Gasteiger partial charge on any atom is 0.309 e. The Morgan fingerprint density at radius 1 is 1.18 bits per heavy atom. The molecule has 3 N–H and O–H groups in total. The highest BCUT2D eigenvalue weighted by Gasteiger charge is 2.55. The topological polar surface area (TPSA) is 77.8 Å². The summed E-state index contributed by atoms with van der Waals surface area (Å²) in [4.78, 5) is 11.1. The van der Waals surface area contributed by atoms with E-state index in [4.69, 9.17) is 5.11 Å². The van der Waals surface area contributed by atoms with E-state index >= 15 is 0 Å². The lowest BCUT2D eigenvalue weighted by Gasteiger charge is -2.59. The minimum atomic E-state index is -1.35. The third kappa shape index (κ3) is 3.02. The molecule has 0 heterocycles. The van der Waals surface area contributed by atoms with Gasteiger partial charge in [0.1, 0.15) is 0 Å². The van der Waals surface area contributed by atoms with Gasteiger partial charge in [0.2, 0.25) is 0 Å². The fourth-order valence-corrected chi connectivity index (χ4v) is 5.64. The third-order valence-electron chi connectivity index (χ3n) is 6.70. The van der Waals surface area contributed by atoms with Crippen LogP contribution in [0.4, 0.5) is 0 Å². The van der Waals surface area contributed by atoms with E-state index in [0.29, 0.717) is 0 Å². The molecule has 0 amide bonds. The summed E-state index contributed by atoms with van der Waals surface area (Å²) in [6.45, 7) is 3.07. The van der Waals surface area contributed by atoms with Gasteiger partial charge >= 0.3 is 5.97 Å². The van der Waals surface area contributed by atoms with Crippen molar-refractivity contribution in [2.45, 2.75) is 70.5 Å². The smallest absolute Gasteiger partial charge is 0.309 e. The van der Waals surface area contributed by atoms with Gasteiger partial charge in [-0.25, -0.2) is 0 Å². The molecular formula is C17H29ClO4. The second-order valence-corrected chi connectivity index (χ2v) is 8.42. The Labute approximate surface area is 138 Å². The van der Waals surface area contributed by atoms with Gasteiger partial charge in [0, 0.05) is 6.42 Å². The summed E-state index contributed by atoms with van der Waals surface area (Å²) in [5, 5.41) is 30.4. The van der Waals surface area contributed by atoms with E-state index in [1.165, 1.54) is 26.2 Å². The third-order valence-corrected chi connectivity index (χ3v) is 6.70. The maximum atomic E-state index is 11.1. The summed E-state index contributed by atoms with van der Waals surface area (Å²) >= 11 is 0. The van der Waals surface area contributed by atoms with Gasteiger partial charge in [0.25, 0.3) is 0 Å². The van der Waals surface area contributed by atoms with Crippen molar-refractivity contribution in [3.05, 3.63) is 0 Å². The number of hydrogen-bond acceptors (Lipinski definition) is 3. The summed E-state index contributed by atoms with van der Waals surface area (Å²) in [5.74, 6) is 0.368. The van der Waals surface area contributed by atoms with Crippen LogP contribution in [0, 0.1) is 29.1 Å². The van der Waals surface area contributed by atoms with Crippen LogP contribution < -0.4 is 0 Å². The van der Waals surface area contributed by atoms with Crippen molar-refractivity contribution in [3.63, 3.8) is 0 Å². The van der Waals surface area contributed by atoms with Crippen LogP contribution in [0.25, 0.3) is 0 Å². The molecule has 0 aromatic carbocycles. The molecule has 4 fully saturated rings. The molecule has 2 unspecified atom stereocenters. The number of aliphatic carboxylic acids is 1. The zero-order chi connectivity index (χ0) is 15.4. The fourth-order valence-electron chi connectivity index (χ4n) is 5.64. The van der Waals surface area contributed by atoms with E-state index in [2.05, 4.69) is 0 Å². The molecule has 128 valence electrons. The molecule has 0 spiro atoms. The van der Waals surface area contributed by atoms with E-state index in [-0.39, 0.29) is 24.2 Å². The van der Waals surface area contributed by atoms with Crippen molar-refractivity contribution in [2.24, 2.45) is 29.1 Å². The molecule has 5 heteroatoms. The minimum Gasteiger partial charge on any atom is -0.481 e. The van der Waals surface area contributed by atoms with E-state index in [0.717, 1.165) is 37.0 Å². The lowest BCUT2D eigenvalue weighted by atomic mass is 9.47. The molecule has 4 nitrogen and oxygen atoms in total. The lowest BCUT2D eigenvalue weighted by molar-refractivity contribution is -0.162. The van der Waals surface area contributed by atoms with Crippen LogP contribution >= 0.6 is 12.4 Å². The fraction of sp³-hybridized carbons (Fsp3) is 0.941. The Morgan fingerprint density at radius 3 is 1.95 bits per heavy atom. The molecule has 4 bridgehead atoms. The monoisotopic (exact) mass is 332 g/mol. The predicted molar refractivity (Wildman–Crippen MR) is 85.9 cm³/mol. The van der Waals surface area contributed by atoms with Crippen molar-refractivity contribution in [3.8, 4) is 0 Å². The van der Waals surface area contributed by atoms with Crippen molar-refractivity contribution >= 4 is 18.4 Å². The number of aliphatic hydroxyl groups is 2. The number of aliphatic hydroxyl groups excluding tert-OH is 1. The molecule has 22 heavy (non-hydrogen) atoms. The zero-order valence-electron chi connectivity index (χ0n) is 13.5. The van der Waals surface area contributed by atoms with Gasteiger partial charge in [0.05, 0.1) is 17.6 Å². The first-order valence-corrected chi connectivity index (χ1v) is 8.35. The highest BCUT2D eigenvalue weighted by Crippen LogP contribution is 2.62. The van der Waals surface area contributed by atoms with Crippen LogP contribution in [0.1, 0.15) is 58.8 Å². The van der Waals surface area contributed by atoms with E-state index in [9.17, 15) is 15.0 Å². The van der Waals surface area contributed by atoms with Crippen molar-refractivity contribution in [1.29, 1.82) is 0 Å². The molecule has 0 aromatic heterocycles. The molecular weight excluding hydrogens is 304 g/mol. The summed E-state index contributed by atoms with van der Waals surface area (Å²) in [5.41, 5.74) is -1.41. The Morgan fingerprint density at radius 2 is 1.59 bits per heavy atom. The number of carbonyl (C=O) groups is 1.